The monoisotopic (exact) mass is 413 g/mol. The number of aromatic hydroxyl groups is 1. The van der Waals surface area contributed by atoms with E-state index < -0.39 is 16.7 Å². The van der Waals surface area contributed by atoms with Gasteiger partial charge in [0, 0.05) is 32.8 Å². The molecule has 6 nitrogen and oxygen atoms in total. The summed E-state index contributed by atoms with van der Waals surface area (Å²) in [4.78, 5) is 30.6. The number of phenolic OH excluding ortho intramolecular Hbond substituents is 1. The number of thiol groups is 1. The third-order valence-electron chi connectivity index (χ3n) is 2.90. The van der Waals surface area contributed by atoms with E-state index in [1.54, 1.807) is 14.2 Å². The van der Waals surface area contributed by atoms with Gasteiger partial charge in [-0.05, 0) is 29.8 Å². The van der Waals surface area contributed by atoms with Gasteiger partial charge in [-0.3, -0.25) is 9.59 Å². The number of phenols is 1. The van der Waals surface area contributed by atoms with Crippen LogP contribution in [0, 0.1) is 11.6 Å². The van der Waals surface area contributed by atoms with Crippen LogP contribution in [0.25, 0.3) is 11.1 Å². The average Bonchev–Trinajstić information content (AvgIpc) is 2.61. The van der Waals surface area contributed by atoms with Crippen molar-refractivity contribution >= 4 is 29.9 Å². The van der Waals surface area contributed by atoms with E-state index >= 15 is 0 Å². The number of carbonyl (C=O) groups excluding carboxylic acids is 3. The predicted molar refractivity (Wildman–Crippen MR) is 104 cm³/mol. The van der Waals surface area contributed by atoms with Crippen LogP contribution in [0.1, 0.15) is 17.3 Å². The van der Waals surface area contributed by atoms with Crippen molar-refractivity contribution < 1.29 is 33.0 Å². The van der Waals surface area contributed by atoms with Gasteiger partial charge in [0.05, 0.1) is 12.1 Å². The molecule has 0 saturated heterocycles. The maximum Gasteiger partial charge on any atom is 0.220 e. The molecular formula is C19H21F2NO5S. The van der Waals surface area contributed by atoms with Crippen molar-refractivity contribution in [1.29, 1.82) is 0 Å². The van der Waals surface area contributed by atoms with Crippen LogP contribution in [-0.4, -0.2) is 43.2 Å². The molecule has 2 aromatic rings. The van der Waals surface area contributed by atoms with Crippen molar-refractivity contribution in [3.8, 4) is 16.9 Å². The number of benzene rings is 2. The Kier molecular flexibility index (Phi) is 12.1. The zero-order valence-electron chi connectivity index (χ0n) is 15.5. The molecule has 0 bridgehead atoms. The van der Waals surface area contributed by atoms with E-state index in [2.05, 4.69) is 22.7 Å². The molecule has 152 valence electrons. The maximum absolute atomic E-state index is 13.6. The maximum atomic E-state index is 13.6. The highest BCUT2D eigenvalue weighted by molar-refractivity contribution is 7.97. The summed E-state index contributed by atoms with van der Waals surface area (Å²) < 4.78 is 30.6. The van der Waals surface area contributed by atoms with Crippen LogP contribution in [0.2, 0.25) is 0 Å². The van der Waals surface area contributed by atoms with Gasteiger partial charge < -0.3 is 20.0 Å². The van der Waals surface area contributed by atoms with Crippen LogP contribution < -0.4 is 5.32 Å². The molecule has 0 spiro atoms. The number of hydrogen-bond donors (Lipinski definition) is 3. The van der Waals surface area contributed by atoms with E-state index in [0.29, 0.717) is 11.8 Å². The van der Waals surface area contributed by atoms with Gasteiger partial charge in [0.2, 0.25) is 11.0 Å². The molecule has 0 radical (unpaired) electrons. The third kappa shape index (κ3) is 9.24. The molecule has 0 aliphatic heterocycles. The summed E-state index contributed by atoms with van der Waals surface area (Å²) in [6.07, 6.45) is 0.640. The Morgan fingerprint density at radius 1 is 1.18 bits per heavy atom. The smallest absolute Gasteiger partial charge is 0.220 e. The SMILES string of the molecule is CC(=O)NCC=O.COC.O=C(S)c1cc(-c2ccc(F)cc2F)ccc1O. The highest BCUT2D eigenvalue weighted by Gasteiger charge is 2.12. The quantitative estimate of drug-likeness (QED) is 0.529. The molecule has 0 aliphatic carbocycles. The average molecular weight is 413 g/mol. The van der Waals surface area contributed by atoms with Gasteiger partial charge >= 0.3 is 0 Å². The minimum absolute atomic E-state index is 0.0282. The molecule has 2 N–H and O–H groups in total. The number of nitrogens with one attached hydrogen (secondary N) is 1. The molecule has 9 heteroatoms. The summed E-state index contributed by atoms with van der Waals surface area (Å²) in [5, 5.41) is 11.1. The van der Waals surface area contributed by atoms with Gasteiger partial charge in [0.25, 0.3) is 0 Å². The summed E-state index contributed by atoms with van der Waals surface area (Å²) >= 11 is 3.61. The Morgan fingerprint density at radius 2 is 1.79 bits per heavy atom. The number of aldehydes is 1. The predicted octanol–water partition coefficient (Wildman–Crippen LogP) is 2.99. The normalized spacial score (nSPS) is 9.21. The highest BCUT2D eigenvalue weighted by atomic mass is 32.1. The van der Waals surface area contributed by atoms with Crippen molar-refractivity contribution in [3.05, 3.63) is 53.6 Å². The molecule has 0 aliphatic rings. The van der Waals surface area contributed by atoms with Gasteiger partial charge in [-0.25, -0.2) is 8.78 Å². The van der Waals surface area contributed by atoms with Crippen molar-refractivity contribution in [2.24, 2.45) is 0 Å². The molecule has 0 heterocycles. The molecule has 2 rings (SSSR count). The van der Waals surface area contributed by atoms with Crippen LogP contribution in [0.15, 0.2) is 36.4 Å². The molecule has 28 heavy (non-hydrogen) atoms. The van der Waals surface area contributed by atoms with E-state index in [9.17, 15) is 28.3 Å². The molecule has 2 aromatic carbocycles. The lowest BCUT2D eigenvalue weighted by molar-refractivity contribution is -0.120. The van der Waals surface area contributed by atoms with Gasteiger partial charge in [-0.15, -0.1) is 12.6 Å². The lowest BCUT2D eigenvalue weighted by Crippen LogP contribution is -2.21. The molecule has 0 aromatic heterocycles. The van der Waals surface area contributed by atoms with Gasteiger partial charge in [0.15, 0.2) is 0 Å². The topological polar surface area (TPSA) is 92.7 Å². The Labute approximate surface area is 166 Å². The number of methoxy groups -OCH3 is 1. The van der Waals surface area contributed by atoms with Crippen LogP contribution in [0.5, 0.6) is 5.75 Å². The number of hydrogen-bond acceptors (Lipinski definition) is 5. The molecule has 0 saturated carbocycles. The first kappa shape index (κ1) is 25.2. The Balaban J connectivity index is 0.000000612. The summed E-state index contributed by atoms with van der Waals surface area (Å²) in [6, 6.07) is 7.15. The summed E-state index contributed by atoms with van der Waals surface area (Å²) in [5.74, 6) is -1.83. The molecular weight excluding hydrogens is 392 g/mol. The fraction of sp³-hybridized carbons (Fsp3) is 0.211. The molecule has 0 atom stereocenters. The lowest BCUT2D eigenvalue weighted by atomic mass is 10.0. The molecule has 0 fully saturated rings. The summed E-state index contributed by atoms with van der Waals surface area (Å²) in [7, 11) is 3.25. The third-order valence-corrected chi connectivity index (χ3v) is 3.14. The number of ether oxygens (including phenoxy) is 1. The van der Waals surface area contributed by atoms with Crippen molar-refractivity contribution in [2.45, 2.75) is 6.92 Å². The largest absolute Gasteiger partial charge is 0.507 e. The van der Waals surface area contributed by atoms with Crippen LogP contribution in [0.3, 0.4) is 0 Å². The van der Waals surface area contributed by atoms with Gasteiger partial charge in [-0.1, -0.05) is 6.07 Å². The zero-order chi connectivity index (χ0) is 21.7. The minimum Gasteiger partial charge on any atom is -0.507 e. The number of amides is 1. The van der Waals surface area contributed by atoms with Crippen molar-refractivity contribution in [2.75, 3.05) is 20.8 Å². The number of carbonyl (C=O) groups is 3. The summed E-state index contributed by atoms with van der Waals surface area (Å²) in [6.45, 7) is 1.48. The first-order chi connectivity index (χ1) is 13.2. The van der Waals surface area contributed by atoms with Crippen LogP contribution >= 0.6 is 12.6 Å². The second-order valence-corrected chi connectivity index (χ2v) is 5.58. The lowest BCUT2D eigenvalue weighted by Gasteiger charge is -2.06. The Morgan fingerprint density at radius 3 is 2.21 bits per heavy atom. The van der Waals surface area contributed by atoms with Crippen LogP contribution in [-0.2, 0) is 14.3 Å². The second-order valence-electron chi connectivity index (χ2n) is 5.17. The van der Waals surface area contributed by atoms with E-state index in [1.165, 1.54) is 31.2 Å². The fourth-order valence-electron chi connectivity index (χ4n) is 1.78. The highest BCUT2D eigenvalue weighted by Crippen LogP contribution is 2.28. The van der Waals surface area contributed by atoms with E-state index in [1.807, 2.05) is 0 Å². The molecule has 0 unspecified atom stereocenters. The van der Waals surface area contributed by atoms with Crippen molar-refractivity contribution in [3.63, 3.8) is 0 Å². The van der Waals surface area contributed by atoms with E-state index in [0.717, 1.165) is 12.1 Å². The minimum atomic E-state index is -0.738. The van der Waals surface area contributed by atoms with Gasteiger partial charge in [-0.2, -0.15) is 0 Å². The summed E-state index contributed by atoms with van der Waals surface area (Å²) in [5.41, 5.74) is 0.481. The Bertz CT molecular complexity index is 815. The van der Waals surface area contributed by atoms with Crippen molar-refractivity contribution in [1.82, 2.24) is 5.32 Å². The number of halogens is 2. The second kappa shape index (κ2) is 13.4. The zero-order valence-corrected chi connectivity index (χ0v) is 16.4. The Hall–Kier alpha value is -2.78. The fourth-order valence-corrected chi connectivity index (χ4v) is 1.96. The van der Waals surface area contributed by atoms with Gasteiger partial charge in [0.1, 0.15) is 23.7 Å². The first-order valence-electron chi connectivity index (χ1n) is 7.77. The standard InChI is InChI=1S/C13H8F2O2S.C4H7NO2.C2H6O/c14-8-2-3-9(11(15)6-8)7-1-4-12(16)10(5-7)13(17)18;1-4(7)5-2-3-6;1-3-2/h1-6,16H,(H,17,18);3H,2H2,1H3,(H,5,7);1-2H3. The number of rotatable bonds is 4. The van der Waals surface area contributed by atoms with E-state index in [-0.39, 0.29) is 29.3 Å². The first-order valence-corrected chi connectivity index (χ1v) is 8.22. The van der Waals surface area contributed by atoms with Crippen LogP contribution in [0.4, 0.5) is 8.78 Å². The molecule has 1 amide bonds. The van der Waals surface area contributed by atoms with E-state index in [4.69, 9.17) is 0 Å².